The van der Waals surface area contributed by atoms with Crippen molar-refractivity contribution in [1.82, 2.24) is 25.2 Å². The lowest BCUT2D eigenvalue weighted by molar-refractivity contribution is -0.946. The third-order valence-corrected chi connectivity index (χ3v) is 5.79. The van der Waals surface area contributed by atoms with E-state index in [1.54, 1.807) is 0 Å². The highest BCUT2D eigenvalue weighted by molar-refractivity contribution is 5.82. The van der Waals surface area contributed by atoms with E-state index in [0.717, 1.165) is 40.8 Å². The topological polar surface area (TPSA) is 101 Å². The molecule has 0 radical (unpaired) electrons. The van der Waals surface area contributed by atoms with Gasteiger partial charge in [-0.05, 0) is 68.1 Å². The Morgan fingerprint density at radius 1 is 1.23 bits per heavy atom. The van der Waals surface area contributed by atoms with Gasteiger partial charge in [-0.15, -0.1) is 5.10 Å². The number of tetrazole rings is 1. The van der Waals surface area contributed by atoms with Crippen molar-refractivity contribution in [1.29, 1.82) is 0 Å². The molecule has 0 amide bonds. The number of aliphatic hydroxyl groups excluding tert-OH is 1. The molecule has 8 heteroatoms. The summed E-state index contributed by atoms with van der Waals surface area (Å²) in [6.45, 7) is 13.8. The van der Waals surface area contributed by atoms with E-state index in [1.165, 1.54) is 10.5 Å². The van der Waals surface area contributed by atoms with Crippen LogP contribution < -0.4 is 10.5 Å². The number of nitrogens with zero attached hydrogens (tertiary/aromatic N) is 4. The lowest BCUT2D eigenvalue weighted by atomic mass is 10.0. The molecule has 2 heterocycles. The number of aliphatic hydroxyl groups is 1. The highest BCUT2D eigenvalue weighted by atomic mass is 16.3. The molecular weight excluding hydrogens is 392 g/mol. The van der Waals surface area contributed by atoms with Crippen molar-refractivity contribution < 1.29 is 10.0 Å². The minimum atomic E-state index is -0.246. The molecule has 1 aromatic carbocycles. The number of hydrogen-bond acceptors (Lipinski definition) is 5. The molecule has 0 aliphatic carbocycles. The maximum absolute atomic E-state index is 12.9. The van der Waals surface area contributed by atoms with Crippen molar-refractivity contribution >= 4 is 10.9 Å². The number of rotatable bonds is 8. The van der Waals surface area contributed by atoms with E-state index in [2.05, 4.69) is 67.3 Å². The molecule has 2 aromatic heterocycles. The third kappa shape index (κ3) is 5.02. The van der Waals surface area contributed by atoms with Crippen LogP contribution in [0.2, 0.25) is 0 Å². The van der Waals surface area contributed by atoms with Crippen molar-refractivity contribution in [2.24, 2.45) is 0 Å². The van der Waals surface area contributed by atoms with E-state index in [1.807, 2.05) is 17.7 Å². The summed E-state index contributed by atoms with van der Waals surface area (Å²) in [4.78, 5) is 17.2. The number of fused-ring (bicyclic) bond motifs is 1. The van der Waals surface area contributed by atoms with Gasteiger partial charge < -0.3 is 15.0 Å². The van der Waals surface area contributed by atoms with E-state index >= 15 is 0 Å². The van der Waals surface area contributed by atoms with Crippen molar-refractivity contribution in [3.63, 3.8) is 0 Å². The van der Waals surface area contributed by atoms with Crippen LogP contribution in [0.3, 0.4) is 0 Å². The summed E-state index contributed by atoms with van der Waals surface area (Å²) in [7, 11) is 0. The van der Waals surface area contributed by atoms with Gasteiger partial charge in [0.25, 0.3) is 5.56 Å². The van der Waals surface area contributed by atoms with Gasteiger partial charge in [-0.3, -0.25) is 4.79 Å². The highest BCUT2D eigenvalue weighted by Crippen LogP contribution is 2.20. The molecule has 3 aromatic rings. The molecule has 3 N–H and O–H groups in total. The Bertz CT molecular complexity index is 1100. The second kappa shape index (κ2) is 9.28. The number of quaternary nitrogens is 1. The molecule has 8 nitrogen and oxygen atoms in total. The van der Waals surface area contributed by atoms with Gasteiger partial charge in [0.1, 0.15) is 12.6 Å². The van der Waals surface area contributed by atoms with Crippen LogP contribution >= 0.6 is 0 Å². The quantitative estimate of drug-likeness (QED) is 0.509. The number of nitrogens with one attached hydrogen (secondary N) is 2. The molecule has 2 atom stereocenters. The molecule has 168 valence electrons. The molecule has 0 fully saturated rings. The predicted molar refractivity (Wildman–Crippen MR) is 121 cm³/mol. The monoisotopic (exact) mass is 427 g/mol. The zero-order chi connectivity index (χ0) is 22.8. The first-order valence-electron chi connectivity index (χ1n) is 11.0. The molecule has 0 aliphatic heterocycles. The number of aryl methyl sites for hydroxylation is 2. The summed E-state index contributed by atoms with van der Waals surface area (Å²) in [5, 5.41) is 23.0. The first-order chi connectivity index (χ1) is 14.7. The summed E-state index contributed by atoms with van der Waals surface area (Å²) >= 11 is 0. The van der Waals surface area contributed by atoms with E-state index < -0.39 is 0 Å². The van der Waals surface area contributed by atoms with E-state index in [9.17, 15) is 9.90 Å². The first kappa shape index (κ1) is 23.1. The molecule has 1 unspecified atom stereocenters. The molecule has 0 aliphatic rings. The summed E-state index contributed by atoms with van der Waals surface area (Å²) in [5.41, 5.74) is 3.55. The van der Waals surface area contributed by atoms with Crippen LogP contribution in [0.25, 0.3) is 10.9 Å². The average Bonchev–Trinajstić information content (AvgIpc) is 3.17. The molecule has 0 saturated heterocycles. The number of aromatic nitrogens is 5. The fraction of sp³-hybridized carbons (Fsp3) is 0.565. The number of H-pyrrole nitrogens is 1. The first-order valence-corrected chi connectivity index (χ1v) is 11.0. The molecule has 31 heavy (non-hydrogen) atoms. The fourth-order valence-corrected chi connectivity index (χ4v) is 4.34. The van der Waals surface area contributed by atoms with E-state index in [4.69, 9.17) is 0 Å². The van der Waals surface area contributed by atoms with Crippen molar-refractivity contribution in [2.45, 2.75) is 72.5 Å². The van der Waals surface area contributed by atoms with Gasteiger partial charge >= 0.3 is 0 Å². The highest BCUT2D eigenvalue weighted by Gasteiger charge is 2.32. The molecule has 0 saturated carbocycles. The summed E-state index contributed by atoms with van der Waals surface area (Å²) in [5.74, 6) is 0.812. The maximum atomic E-state index is 12.9. The second-order valence-electron chi connectivity index (χ2n) is 9.41. The van der Waals surface area contributed by atoms with Crippen molar-refractivity contribution in [2.75, 3.05) is 13.2 Å². The Hall–Kier alpha value is -2.58. The average molecular weight is 428 g/mol. The van der Waals surface area contributed by atoms with Gasteiger partial charge in [-0.25, -0.2) is 4.68 Å². The van der Waals surface area contributed by atoms with Crippen molar-refractivity contribution in [3.05, 3.63) is 51.1 Å². The Labute approximate surface area is 183 Å². The van der Waals surface area contributed by atoms with E-state index in [0.29, 0.717) is 13.0 Å². The van der Waals surface area contributed by atoms with Gasteiger partial charge in [-0.2, -0.15) is 0 Å². The molecular formula is C23H35N6O2+. The van der Waals surface area contributed by atoms with Crippen LogP contribution in [0.1, 0.15) is 69.1 Å². The predicted octanol–water partition coefficient (Wildman–Crippen LogP) is 1.81. The number of aromatic amines is 1. The number of hydrogen-bond donors (Lipinski definition) is 3. The summed E-state index contributed by atoms with van der Waals surface area (Å²) in [6, 6.07) is 6.20. The van der Waals surface area contributed by atoms with Crippen LogP contribution in [0.4, 0.5) is 0 Å². The van der Waals surface area contributed by atoms with Gasteiger partial charge in [0, 0.05) is 19.4 Å². The van der Waals surface area contributed by atoms with Gasteiger partial charge in [0.15, 0.2) is 0 Å². The molecule has 3 rings (SSSR count). The zero-order valence-corrected chi connectivity index (χ0v) is 19.5. The minimum Gasteiger partial charge on any atom is -0.396 e. The maximum Gasteiger partial charge on any atom is 0.257 e. The van der Waals surface area contributed by atoms with Crippen LogP contribution in [0.15, 0.2) is 23.0 Å². The Morgan fingerprint density at radius 2 is 1.97 bits per heavy atom. The van der Waals surface area contributed by atoms with Crippen molar-refractivity contribution in [3.8, 4) is 0 Å². The smallest absolute Gasteiger partial charge is 0.257 e. The van der Waals surface area contributed by atoms with Crippen LogP contribution in [0, 0.1) is 13.8 Å². The van der Waals surface area contributed by atoms with Gasteiger partial charge in [0.2, 0.25) is 5.82 Å². The Kier molecular flexibility index (Phi) is 6.91. The Morgan fingerprint density at radius 3 is 2.61 bits per heavy atom. The fourth-order valence-electron chi connectivity index (χ4n) is 4.34. The van der Waals surface area contributed by atoms with Crippen LogP contribution in [-0.2, 0) is 12.1 Å². The van der Waals surface area contributed by atoms with E-state index in [-0.39, 0.29) is 23.7 Å². The second-order valence-corrected chi connectivity index (χ2v) is 9.41. The molecule has 0 spiro atoms. The van der Waals surface area contributed by atoms with Crippen LogP contribution in [-0.4, -0.2) is 43.4 Å². The summed E-state index contributed by atoms with van der Waals surface area (Å²) < 4.78 is 1.87. The third-order valence-electron chi connectivity index (χ3n) is 5.79. The standard InChI is InChI=1S/C23H34N6O2/c1-7-19(21-25-26-27-29(21)23(4,5)6)28(9-8-10-30)14-18-13-17-12-15(2)11-16(3)20(17)24-22(18)31/h11-13,19,30H,7-10,14H2,1-6H3,(H,24,31)/p+1/t19-/m1/s1. The zero-order valence-electron chi connectivity index (χ0n) is 19.5. The lowest BCUT2D eigenvalue weighted by Crippen LogP contribution is -3.11. The number of pyridine rings is 1. The van der Waals surface area contributed by atoms with Gasteiger partial charge in [-0.1, -0.05) is 18.6 Å². The lowest BCUT2D eigenvalue weighted by Gasteiger charge is -2.29. The number of benzene rings is 1. The Balaban J connectivity index is 2.02. The minimum absolute atomic E-state index is 0.00937. The largest absolute Gasteiger partial charge is 0.396 e. The molecule has 0 bridgehead atoms. The summed E-state index contributed by atoms with van der Waals surface area (Å²) in [6.07, 6.45) is 1.47. The SMILES string of the molecule is CC[C@H](c1nnnn1C(C)(C)C)[NH+](CCCO)Cc1cc2cc(C)cc(C)c2[nH]c1=O. The normalized spacial score (nSPS) is 14.2. The van der Waals surface area contributed by atoms with Crippen LogP contribution in [0.5, 0.6) is 0 Å². The van der Waals surface area contributed by atoms with Gasteiger partial charge in [0.05, 0.1) is 23.2 Å².